The first-order valence-electron chi connectivity index (χ1n) is 8.06. The Labute approximate surface area is 152 Å². The van der Waals surface area contributed by atoms with Gasteiger partial charge in [0.2, 0.25) is 0 Å². The first kappa shape index (κ1) is 17.3. The molecule has 4 heteroatoms. The summed E-state index contributed by atoms with van der Waals surface area (Å²) >= 11 is 6.05. The van der Waals surface area contributed by atoms with Gasteiger partial charge in [-0.3, -0.25) is 0 Å². The maximum Gasteiger partial charge on any atom is 0.123 e. The third kappa shape index (κ3) is 4.97. The van der Waals surface area contributed by atoms with E-state index >= 15 is 0 Å². The highest BCUT2D eigenvalue weighted by Crippen LogP contribution is 2.22. The van der Waals surface area contributed by atoms with Gasteiger partial charge in [0.25, 0.3) is 0 Å². The third-order valence-corrected chi connectivity index (χ3v) is 4.13. The summed E-state index contributed by atoms with van der Waals surface area (Å²) in [6, 6.07) is 20.0. The lowest BCUT2D eigenvalue weighted by Crippen LogP contribution is -2.02. The Kier molecular flexibility index (Phi) is 5.56. The highest BCUT2D eigenvalue weighted by Gasteiger charge is 2.02. The Bertz CT molecular complexity index is 849. The molecule has 0 radical (unpaired) electrons. The number of benzene rings is 3. The molecule has 0 aliphatic heterocycles. The van der Waals surface area contributed by atoms with Crippen LogP contribution in [0.25, 0.3) is 0 Å². The van der Waals surface area contributed by atoms with Crippen LogP contribution in [0, 0.1) is 12.7 Å². The maximum absolute atomic E-state index is 12.9. The van der Waals surface area contributed by atoms with E-state index in [1.165, 1.54) is 12.1 Å². The van der Waals surface area contributed by atoms with Gasteiger partial charge in [-0.1, -0.05) is 41.9 Å². The Morgan fingerprint density at radius 1 is 0.960 bits per heavy atom. The Morgan fingerprint density at radius 3 is 2.56 bits per heavy atom. The van der Waals surface area contributed by atoms with Crippen LogP contribution in [0.1, 0.15) is 16.7 Å². The van der Waals surface area contributed by atoms with Crippen LogP contribution in [-0.2, 0) is 13.2 Å². The molecule has 0 aliphatic rings. The summed E-state index contributed by atoms with van der Waals surface area (Å²) in [6.45, 7) is 3.13. The van der Waals surface area contributed by atoms with Crippen molar-refractivity contribution in [2.24, 2.45) is 0 Å². The maximum atomic E-state index is 12.9. The van der Waals surface area contributed by atoms with Crippen LogP contribution in [0.15, 0.2) is 66.7 Å². The van der Waals surface area contributed by atoms with E-state index in [1.807, 2.05) is 49.4 Å². The van der Waals surface area contributed by atoms with Crippen molar-refractivity contribution in [1.82, 2.24) is 0 Å². The lowest BCUT2D eigenvalue weighted by molar-refractivity contribution is 0.306. The lowest BCUT2D eigenvalue weighted by atomic mass is 10.1. The van der Waals surface area contributed by atoms with Crippen molar-refractivity contribution in [3.63, 3.8) is 0 Å². The Hall–Kier alpha value is -2.52. The zero-order chi connectivity index (χ0) is 17.6. The van der Waals surface area contributed by atoms with E-state index < -0.39 is 0 Å². The second-order valence-corrected chi connectivity index (χ2v) is 6.31. The molecule has 0 fully saturated rings. The second kappa shape index (κ2) is 8.04. The number of nitrogens with one attached hydrogen (secondary N) is 1. The molecule has 0 spiro atoms. The fourth-order valence-electron chi connectivity index (χ4n) is 2.47. The number of hydrogen-bond donors (Lipinski definition) is 1. The minimum atomic E-state index is -0.242. The summed E-state index contributed by atoms with van der Waals surface area (Å²) in [4.78, 5) is 0. The van der Waals surface area contributed by atoms with Crippen LogP contribution in [0.4, 0.5) is 10.1 Å². The third-order valence-electron chi connectivity index (χ3n) is 3.90. The molecule has 0 bridgehead atoms. The van der Waals surface area contributed by atoms with Gasteiger partial charge < -0.3 is 10.1 Å². The summed E-state index contributed by atoms with van der Waals surface area (Å²) < 4.78 is 18.7. The lowest BCUT2D eigenvalue weighted by Gasteiger charge is -2.12. The molecule has 0 aromatic heterocycles. The first-order valence-corrected chi connectivity index (χ1v) is 8.44. The van der Waals surface area contributed by atoms with E-state index in [4.69, 9.17) is 16.3 Å². The molecule has 0 atom stereocenters. The van der Waals surface area contributed by atoms with Crippen molar-refractivity contribution >= 4 is 17.3 Å². The van der Waals surface area contributed by atoms with Crippen molar-refractivity contribution in [1.29, 1.82) is 0 Å². The predicted molar refractivity (Wildman–Crippen MR) is 101 cm³/mol. The zero-order valence-electron chi connectivity index (χ0n) is 13.9. The molecule has 3 aromatic rings. The normalized spacial score (nSPS) is 10.5. The molecule has 128 valence electrons. The van der Waals surface area contributed by atoms with Gasteiger partial charge in [-0.2, -0.15) is 0 Å². The fraction of sp³-hybridized carbons (Fsp3) is 0.143. The summed E-state index contributed by atoms with van der Waals surface area (Å²) in [5, 5.41) is 4.11. The molecule has 0 heterocycles. The average molecular weight is 356 g/mol. The number of halogens is 2. The van der Waals surface area contributed by atoms with Crippen molar-refractivity contribution < 1.29 is 9.13 Å². The molecule has 0 saturated carbocycles. The van der Waals surface area contributed by atoms with Crippen molar-refractivity contribution in [3.8, 4) is 5.75 Å². The van der Waals surface area contributed by atoms with Gasteiger partial charge in [-0.05, 0) is 60.0 Å². The van der Waals surface area contributed by atoms with E-state index in [2.05, 4.69) is 5.32 Å². The fourth-order valence-corrected chi connectivity index (χ4v) is 2.65. The quantitative estimate of drug-likeness (QED) is 0.587. The van der Waals surface area contributed by atoms with Gasteiger partial charge in [0, 0.05) is 17.3 Å². The van der Waals surface area contributed by atoms with Crippen LogP contribution in [0.2, 0.25) is 5.02 Å². The van der Waals surface area contributed by atoms with Crippen LogP contribution in [0.5, 0.6) is 5.75 Å². The van der Waals surface area contributed by atoms with Crippen molar-refractivity contribution in [3.05, 3.63) is 94.3 Å². The van der Waals surface area contributed by atoms with E-state index in [0.29, 0.717) is 18.2 Å². The number of aryl methyl sites for hydroxylation is 1. The van der Waals surface area contributed by atoms with Crippen molar-refractivity contribution in [2.45, 2.75) is 20.1 Å². The molecular weight excluding hydrogens is 337 g/mol. The van der Waals surface area contributed by atoms with Gasteiger partial charge in [0.1, 0.15) is 18.2 Å². The predicted octanol–water partition coefficient (Wildman–Crippen LogP) is 5.98. The van der Waals surface area contributed by atoms with Crippen LogP contribution >= 0.6 is 11.6 Å². The molecule has 0 unspecified atom stereocenters. The van der Waals surface area contributed by atoms with Gasteiger partial charge in [0.05, 0.1) is 0 Å². The van der Waals surface area contributed by atoms with Crippen LogP contribution < -0.4 is 10.1 Å². The minimum Gasteiger partial charge on any atom is -0.489 e. The number of ether oxygens (including phenoxy) is 1. The molecule has 0 aliphatic carbocycles. The molecule has 1 N–H and O–H groups in total. The average Bonchev–Trinajstić information content (AvgIpc) is 2.62. The summed E-state index contributed by atoms with van der Waals surface area (Å²) in [7, 11) is 0. The molecule has 3 aromatic carbocycles. The number of hydrogen-bond acceptors (Lipinski definition) is 2. The summed E-state index contributed by atoms with van der Waals surface area (Å²) in [5.74, 6) is 0.541. The number of rotatable bonds is 6. The van der Waals surface area contributed by atoms with Gasteiger partial charge >= 0.3 is 0 Å². The Balaban J connectivity index is 1.61. The summed E-state index contributed by atoms with van der Waals surface area (Å²) in [6.07, 6.45) is 0. The van der Waals surface area contributed by atoms with Crippen LogP contribution in [0.3, 0.4) is 0 Å². The number of anilines is 1. The highest BCUT2D eigenvalue weighted by atomic mass is 35.5. The summed E-state index contributed by atoms with van der Waals surface area (Å²) in [5.41, 5.74) is 4.20. The molecular formula is C21H19ClFNO. The monoisotopic (exact) mass is 355 g/mol. The van der Waals surface area contributed by atoms with E-state index in [-0.39, 0.29) is 5.82 Å². The SMILES string of the molecule is Cc1ccc(Cl)cc1NCc1cccc(OCc2ccc(F)cc2)c1. The van der Waals surface area contributed by atoms with Crippen LogP contribution in [-0.4, -0.2) is 0 Å². The minimum absolute atomic E-state index is 0.242. The molecule has 0 amide bonds. The standard InChI is InChI=1S/C21H19ClFNO/c1-15-5-8-18(22)12-21(15)24-13-17-3-2-4-20(11-17)25-14-16-6-9-19(23)10-7-16/h2-12,24H,13-14H2,1H3. The van der Waals surface area contributed by atoms with E-state index in [0.717, 1.165) is 28.1 Å². The van der Waals surface area contributed by atoms with E-state index in [1.54, 1.807) is 12.1 Å². The molecule has 2 nitrogen and oxygen atoms in total. The van der Waals surface area contributed by atoms with Crippen molar-refractivity contribution in [2.75, 3.05) is 5.32 Å². The molecule has 25 heavy (non-hydrogen) atoms. The zero-order valence-corrected chi connectivity index (χ0v) is 14.7. The van der Waals surface area contributed by atoms with Gasteiger partial charge in [-0.25, -0.2) is 4.39 Å². The highest BCUT2D eigenvalue weighted by molar-refractivity contribution is 6.30. The van der Waals surface area contributed by atoms with E-state index in [9.17, 15) is 4.39 Å². The Morgan fingerprint density at radius 2 is 1.76 bits per heavy atom. The second-order valence-electron chi connectivity index (χ2n) is 5.88. The van der Waals surface area contributed by atoms with Gasteiger partial charge in [-0.15, -0.1) is 0 Å². The smallest absolute Gasteiger partial charge is 0.123 e. The van der Waals surface area contributed by atoms with Gasteiger partial charge in [0.15, 0.2) is 0 Å². The largest absolute Gasteiger partial charge is 0.489 e. The molecule has 3 rings (SSSR count). The molecule has 0 saturated heterocycles. The first-order chi connectivity index (χ1) is 12.1. The topological polar surface area (TPSA) is 21.3 Å².